The number of halogens is 1. The van der Waals surface area contributed by atoms with E-state index in [0.717, 1.165) is 12.1 Å². The van der Waals surface area contributed by atoms with Crippen LogP contribution < -0.4 is 16.6 Å². The summed E-state index contributed by atoms with van der Waals surface area (Å²) in [6.07, 6.45) is 0. The molecule has 0 fully saturated rings. The lowest BCUT2D eigenvalue weighted by Crippen LogP contribution is -2.15. The van der Waals surface area contributed by atoms with Crippen molar-refractivity contribution in [2.75, 3.05) is 11.5 Å². The number of hydrogen-bond acceptors (Lipinski definition) is 4. The Hall–Kier alpha value is -1.34. The standard InChI is InChI=1S/C6H8FN3O2S/c7-3-1-4(8)5(9)2-6(3)13(10,11)12/h1-2H,8-9H2,(H2,10,11,12). The number of primary sulfonamides is 1. The Labute approximate surface area is 74.4 Å². The molecule has 6 N–H and O–H groups in total. The zero-order chi connectivity index (χ0) is 10.2. The topological polar surface area (TPSA) is 112 Å². The third kappa shape index (κ3) is 1.87. The van der Waals surface area contributed by atoms with Gasteiger partial charge >= 0.3 is 0 Å². The first-order chi connectivity index (χ1) is 5.82. The van der Waals surface area contributed by atoms with Gasteiger partial charge in [-0.25, -0.2) is 17.9 Å². The summed E-state index contributed by atoms with van der Waals surface area (Å²) in [4.78, 5) is -0.654. The molecule has 0 aliphatic carbocycles. The average molecular weight is 205 g/mol. The van der Waals surface area contributed by atoms with Gasteiger partial charge < -0.3 is 11.5 Å². The lowest BCUT2D eigenvalue weighted by atomic mass is 10.3. The van der Waals surface area contributed by atoms with E-state index in [9.17, 15) is 12.8 Å². The van der Waals surface area contributed by atoms with Gasteiger partial charge in [-0.3, -0.25) is 0 Å². The summed E-state index contributed by atoms with van der Waals surface area (Å²) >= 11 is 0. The predicted molar refractivity (Wildman–Crippen MR) is 46.6 cm³/mol. The van der Waals surface area contributed by atoms with Crippen LogP contribution in [0.5, 0.6) is 0 Å². The first-order valence-electron chi connectivity index (χ1n) is 3.19. The highest BCUT2D eigenvalue weighted by molar-refractivity contribution is 7.89. The van der Waals surface area contributed by atoms with Crippen LogP contribution in [0.2, 0.25) is 0 Å². The molecule has 0 aliphatic heterocycles. The van der Waals surface area contributed by atoms with Crippen LogP contribution in [0.15, 0.2) is 17.0 Å². The van der Waals surface area contributed by atoms with E-state index in [1.807, 2.05) is 0 Å². The lowest BCUT2D eigenvalue weighted by Gasteiger charge is -2.04. The maximum Gasteiger partial charge on any atom is 0.241 e. The Kier molecular flexibility index (Phi) is 2.14. The summed E-state index contributed by atoms with van der Waals surface area (Å²) in [6, 6.07) is 1.70. The van der Waals surface area contributed by atoms with E-state index in [4.69, 9.17) is 16.6 Å². The summed E-state index contributed by atoms with van der Waals surface area (Å²) in [7, 11) is -4.08. The van der Waals surface area contributed by atoms with Gasteiger partial charge in [0.05, 0.1) is 11.4 Å². The molecule has 0 saturated heterocycles. The second-order valence-corrected chi connectivity index (χ2v) is 3.99. The number of rotatable bonds is 1. The normalized spacial score (nSPS) is 11.5. The number of hydrogen-bond donors (Lipinski definition) is 3. The van der Waals surface area contributed by atoms with Crippen LogP contribution in [0.3, 0.4) is 0 Å². The van der Waals surface area contributed by atoms with Crippen LogP contribution in [0.1, 0.15) is 0 Å². The zero-order valence-corrected chi connectivity index (χ0v) is 7.31. The molecule has 5 nitrogen and oxygen atoms in total. The molecule has 7 heteroatoms. The Morgan fingerprint density at radius 2 is 1.62 bits per heavy atom. The van der Waals surface area contributed by atoms with Gasteiger partial charge in [0, 0.05) is 6.07 Å². The molecule has 1 aromatic rings. The van der Waals surface area contributed by atoms with E-state index in [0.29, 0.717) is 0 Å². The minimum absolute atomic E-state index is 0.0228. The molecule has 13 heavy (non-hydrogen) atoms. The Morgan fingerprint density at radius 1 is 1.15 bits per heavy atom. The van der Waals surface area contributed by atoms with Crippen molar-refractivity contribution in [3.05, 3.63) is 17.9 Å². The summed E-state index contributed by atoms with van der Waals surface area (Å²) < 4.78 is 34.4. The van der Waals surface area contributed by atoms with Crippen LogP contribution >= 0.6 is 0 Å². The van der Waals surface area contributed by atoms with Crippen molar-refractivity contribution in [3.63, 3.8) is 0 Å². The van der Waals surface area contributed by atoms with Gasteiger partial charge in [-0.1, -0.05) is 0 Å². The molecule has 0 amide bonds. The molecule has 0 radical (unpaired) electrons. The molecular formula is C6H8FN3O2S. The number of anilines is 2. The first kappa shape index (κ1) is 9.75. The molecule has 0 aromatic heterocycles. The van der Waals surface area contributed by atoms with Gasteiger partial charge in [0.15, 0.2) is 0 Å². The largest absolute Gasteiger partial charge is 0.397 e. The highest BCUT2D eigenvalue weighted by Crippen LogP contribution is 2.22. The Morgan fingerprint density at radius 3 is 2.08 bits per heavy atom. The SMILES string of the molecule is Nc1cc(F)c(S(N)(=O)=O)cc1N. The molecule has 0 aliphatic rings. The van der Waals surface area contributed by atoms with Crippen LogP contribution in [0.4, 0.5) is 15.8 Å². The summed E-state index contributed by atoms with van der Waals surface area (Å²) in [5, 5.41) is 4.71. The van der Waals surface area contributed by atoms with Crippen LogP contribution in [-0.2, 0) is 10.0 Å². The highest BCUT2D eigenvalue weighted by atomic mass is 32.2. The molecule has 0 saturated carbocycles. The van der Waals surface area contributed by atoms with Crippen LogP contribution in [0, 0.1) is 5.82 Å². The Balaban J connectivity index is 3.50. The average Bonchev–Trinajstić information content (AvgIpc) is 1.94. The van der Waals surface area contributed by atoms with Gasteiger partial charge in [0.1, 0.15) is 10.7 Å². The van der Waals surface area contributed by atoms with Crippen LogP contribution in [-0.4, -0.2) is 8.42 Å². The molecule has 0 unspecified atom stereocenters. The van der Waals surface area contributed by atoms with Gasteiger partial charge in [0.25, 0.3) is 0 Å². The fourth-order valence-corrected chi connectivity index (χ4v) is 1.42. The van der Waals surface area contributed by atoms with Crippen molar-refractivity contribution in [3.8, 4) is 0 Å². The van der Waals surface area contributed by atoms with E-state index in [-0.39, 0.29) is 11.4 Å². The molecule has 1 aromatic carbocycles. The van der Waals surface area contributed by atoms with Crippen molar-refractivity contribution < 1.29 is 12.8 Å². The summed E-state index contributed by atoms with van der Waals surface area (Å²) in [5.74, 6) is -1.01. The van der Waals surface area contributed by atoms with Gasteiger partial charge in [0.2, 0.25) is 10.0 Å². The molecule has 0 atom stereocenters. The first-order valence-corrected chi connectivity index (χ1v) is 4.74. The second kappa shape index (κ2) is 2.86. The molecule has 0 heterocycles. The zero-order valence-electron chi connectivity index (χ0n) is 6.49. The van der Waals surface area contributed by atoms with E-state index < -0.39 is 20.7 Å². The maximum absolute atomic E-state index is 12.9. The number of sulfonamides is 1. The van der Waals surface area contributed by atoms with Crippen LogP contribution in [0.25, 0.3) is 0 Å². The molecule has 0 bridgehead atoms. The maximum atomic E-state index is 12.9. The quantitative estimate of drug-likeness (QED) is 0.543. The summed E-state index contributed by atoms with van der Waals surface area (Å²) in [5.41, 5.74) is 10.5. The number of benzene rings is 1. The van der Waals surface area contributed by atoms with E-state index in [1.54, 1.807) is 0 Å². The van der Waals surface area contributed by atoms with Gasteiger partial charge in [-0.15, -0.1) is 0 Å². The molecule has 72 valence electrons. The predicted octanol–water partition coefficient (Wildman–Crippen LogP) is -0.363. The van der Waals surface area contributed by atoms with E-state index in [1.165, 1.54) is 0 Å². The second-order valence-electron chi connectivity index (χ2n) is 2.46. The third-order valence-electron chi connectivity index (χ3n) is 1.44. The fraction of sp³-hybridized carbons (Fsp3) is 0. The molecule has 0 spiro atoms. The van der Waals surface area contributed by atoms with Crippen molar-refractivity contribution in [2.45, 2.75) is 4.90 Å². The fourth-order valence-electron chi connectivity index (χ4n) is 0.803. The minimum atomic E-state index is -4.08. The van der Waals surface area contributed by atoms with E-state index >= 15 is 0 Å². The van der Waals surface area contributed by atoms with E-state index in [2.05, 4.69) is 0 Å². The number of nitrogen functional groups attached to an aromatic ring is 2. The van der Waals surface area contributed by atoms with Crippen molar-refractivity contribution in [1.82, 2.24) is 0 Å². The van der Waals surface area contributed by atoms with Crippen molar-refractivity contribution in [1.29, 1.82) is 0 Å². The smallest absolute Gasteiger partial charge is 0.241 e. The number of nitrogens with two attached hydrogens (primary N) is 3. The van der Waals surface area contributed by atoms with Crippen molar-refractivity contribution >= 4 is 21.4 Å². The monoisotopic (exact) mass is 205 g/mol. The van der Waals surface area contributed by atoms with Gasteiger partial charge in [-0.05, 0) is 6.07 Å². The Bertz CT molecular complexity index is 443. The third-order valence-corrected chi connectivity index (χ3v) is 2.37. The summed E-state index contributed by atoms with van der Waals surface area (Å²) in [6.45, 7) is 0. The lowest BCUT2D eigenvalue weighted by molar-refractivity contribution is 0.568. The minimum Gasteiger partial charge on any atom is -0.397 e. The molecular weight excluding hydrogens is 197 g/mol. The van der Waals surface area contributed by atoms with Crippen molar-refractivity contribution in [2.24, 2.45) is 5.14 Å². The molecule has 1 rings (SSSR count). The highest BCUT2D eigenvalue weighted by Gasteiger charge is 2.15. The van der Waals surface area contributed by atoms with Gasteiger partial charge in [-0.2, -0.15) is 0 Å².